The topological polar surface area (TPSA) is 51.7 Å². The summed E-state index contributed by atoms with van der Waals surface area (Å²) in [5.41, 5.74) is 1.17. The SMILES string of the molecule is CCOc1cccc(N2CC(Oc3ccc([C@H](C)CC(C)=O)cc3)C2)n1. The summed E-state index contributed by atoms with van der Waals surface area (Å²) in [5, 5.41) is 0. The Morgan fingerprint density at radius 3 is 2.62 bits per heavy atom. The van der Waals surface area contributed by atoms with Gasteiger partial charge in [0.2, 0.25) is 5.88 Å². The molecule has 1 fully saturated rings. The largest absolute Gasteiger partial charge is 0.487 e. The van der Waals surface area contributed by atoms with E-state index in [1.807, 2.05) is 49.4 Å². The molecule has 1 saturated heterocycles. The summed E-state index contributed by atoms with van der Waals surface area (Å²) in [6.07, 6.45) is 0.735. The molecule has 0 unspecified atom stereocenters. The second-order valence-electron chi connectivity index (χ2n) is 6.79. The first-order valence-corrected chi connectivity index (χ1v) is 9.16. The average molecular weight is 354 g/mol. The standard InChI is InChI=1S/C21H26N2O3/c1-4-25-21-7-5-6-20(22-21)23-13-19(14-23)26-18-10-8-17(9-11-18)15(2)12-16(3)24/h5-11,15,19H,4,12-14H2,1-3H3/t15-/m1/s1. The molecule has 0 aliphatic carbocycles. The van der Waals surface area contributed by atoms with Crippen molar-refractivity contribution in [3.05, 3.63) is 48.0 Å². The summed E-state index contributed by atoms with van der Waals surface area (Å²) >= 11 is 0. The summed E-state index contributed by atoms with van der Waals surface area (Å²) in [5.74, 6) is 2.90. The van der Waals surface area contributed by atoms with Crippen molar-refractivity contribution in [3.8, 4) is 11.6 Å². The van der Waals surface area contributed by atoms with Gasteiger partial charge in [-0.3, -0.25) is 0 Å². The van der Waals surface area contributed by atoms with Gasteiger partial charge in [-0.1, -0.05) is 25.1 Å². The van der Waals surface area contributed by atoms with Crippen LogP contribution in [-0.4, -0.2) is 36.6 Å². The first-order valence-electron chi connectivity index (χ1n) is 9.16. The van der Waals surface area contributed by atoms with Gasteiger partial charge in [0.05, 0.1) is 19.7 Å². The van der Waals surface area contributed by atoms with Gasteiger partial charge in [-0.2, -0.15) is 4.98 Å². The number of anilines is 1. The minimum absolute atomic E-state index is 0.160. The summed E-state index contributed by atoms with van der Waals surface area (Å²) in [4.78, 5) is 17.9. The summed E-state index contributed by atoms with van der Waals surface area (Å²) in [6.45, 7) is 7.90. The van der Waals surface area contributed by atoms with Gasteiger partial charge >= 0.3 is 0 Å². The molecular weight excluding hydrogens is 328 g/mol. The number of carbonyl (C=O) groups excluding carboxylic acids is 1. The van der Waals surface area contributed by atoms with Crippen molar-refractivity contribution < 1.29 is 14.3 Å². The van der Waals surface area contributed by atoms with Crippen LogP contribution in [0.1, 0.15) is 38.7 Å². The van der Waals surface area contributed by atoms with Crippen molar-refractivity contribution in [2.75, 3.05) is 24.6 Å². The van der Waals surface area contributed by atoms with E-state index in [1.54, 1.807) is 6.92 Å². The van der Waals surface area contributed by atoms with E-state index in [-0.39, 0.29) is 17.8 Å². The van der Waals surface area contributed by atoms with E-state index >= 15 is 0 Å². The Bertz CT molecular complexity index is 739. The van der Waals surface area contributed by atoms with E-state index in [4.69, 9.17) is 9.47 Å². The Morgan fingerprint density at radius 1 is 1.23 bits per heavy atom. The zero-order chi connectivity index (χ0) is 18.5. The van der Waals surface area contributed by atoms with Gasteiger partial charge in [-0.05, 0) is 43.5 Å². The third kappa shape index (κ3) is 4.54. The molecule has 1 aliphatic heterocycles. The van der Waals surface area contributed by atoms with Crippen LogP contribution in [0.25, 0.3) is 0 Å². The van der Waals surface area contributed by atoms with E-state index in [0.717, 1.165) is 24.7 Å². The lowest BCUT2D eigenvalue weighted by atomic mass is 9.96. The molecule has 138 valence electrons. The normalized spacial score (nSPS) is 15.3. The molecular formula is C21H26N2O3. The summed E-state index contributed by atoms with van der Waals surface area (Å²) in [7, 11) is 0. The molecule has 0 spiro atoms. The molecule has 0 saturated carbocycles. The smallest absolute Gasteiger partial charge is 0.215 e. The number of ether oxygens (including phenoxy) is 2. The second-order valence-corrected chi connectivity index (χ2v) is 6.79. The fraction of sp³-hybridized carbons (Fsp3) is 0.429. The van der Waals surface area contributed by atoms with E-state index < -0.39 is 0 Å². The number of hydrogen-bond acceptors (Lipinski definition) is 5. The van der Waals surface area contributed by atoms with Crippen molar-refractivity contribution in [2.24, 2.45) is 0 Å². The van der Waals surface area contributed by atoms with Crippen molar-refractivity contribution >= 4 is 11.6 Å². The van der Waals surface area contributed by atoms with Gasteiger partial charge in [-0.15, -0.1) is 0 Å². The quantitative estimate of drug-likeness (QED) is 0.721. The number of aromatic nitrogens is 1. The number of ketones is 1. The van der Waals surface area contributed by atoms with E-state index in [9.17, 15) is 4.79 Å². The highest BCUT2D eigenvalue weighted by Gasteiger charge is 2.29. The van der Waals surface area contributed by atoms with Gasteiger partial charge in [0, 0.05) is 12.5 Å². The second kappa shape index (κ2) is 8.21. The molecule has 2 aromatic rings. The van der Waals surface area contributed by atoms with Gasteiger partial charge in [-0.25, -0.2) is 0 Å². The Hall–Kier alpha value is -2.56. The van der Waals surface area contributed by atoms with Crippen molar-refractivity contribution in [2.45, 2.75) is 39.2 Å². The van der Waals surface area contributed by atoms with Crippen LogP contribution in [0.15, 0.2) is 42.5 Å². The molecule has 1 aromatic heterocycles. The first kappa shape index (κ1) is 18.2. The van der Waals surface area contributed by atoms with Crippen LogP contribution in [0.3, 0.4) is 0 Å². The minimum atomic E-state index is 0.160. The molecule has 0 radical (unpaired) electrons. The molecule has 0 bridgehead atoms. The lowest BCUT2D eigenvalue weighted by molar-refractivity contribution is -0.117. The van der Waals surface area contributed by atoms with Crippen molar-refractivity contribution in [3.63, 3.8) is 0 Å². The van der Waals surface area contributed by atoms with Gasteiger partial charge in [0.15, 0.2) is 0 Å². The molecule has 0 amide bonds. The molecule has 5 nitrogen and oxygen atoms in total. The Balaban J connectivity index is 1.51. The number of nitrogens with zero attached hydrogens (tertiary/aromatic N) is 2. The van der Waals surface area contributed by atoms with Crippen LogP contribution < -0.4 is 14.4 Å². The molecule has 1 aliphatic rings. The molecule has 1 aromatic carbocycles. The lowest BCUT2D eigenvalue weighted by Gasteiger charge is -2.39. The maximum absolute atomic E-state index is 11.2. The molecule has 2 heterocycles. The van der Waals surface area contributed by atoms with Crippen molar-refractivity contribution in [1.29, 1.82) is 0 Å². The average Bonchev–Trinajstić information content (AvgIpc) is 2.58. The fourth-order valence-corrected chi connectivity index (χ4v) is 3.12. The van der Waals surface area contributed by atoms with Crippen LogP contribution in [0, 0.1) is 0 Å². The van der Waals surface area contributed by atoms with Crippen LogP contribution in [0.4, 0.5) is 5.82 Å². The number of pyridine rings is 1. The highest BCUT2D eigenvalue weighted by Crippen LogP contribution is 2.26. The minimum Gasteiger partial charge on any atom is -0.487 e. The number of hydrogen-bond donors (Lipinski definition) is 0. The summed E-state index contributed by atoms with van der Waals surface area (Å²) < 4.78 is 11.5. The molecule has 0 N–H and O–H groups in total. The Labute approximate surface area is 155 Å². The third-order valence-corrected chi connectivity index (χ3v) is 4.52. The highest BCUT2D eigenvalue weighted by molar-refractivity contribution is 5.76. The maximum atomic E-state index is 11.2. The molecule has 26 heavy (non-hydrogen) atoms. The number of Topliss-reactive ketones (excluding diaryl/α,β-unsaturated/α-hetero) is 1. The van der Waals surface area contributed by atoms with Gasteiger partial charge in [0.25, 0.3) is 0 Å². The van der Waals surface area contributed by atoms with Crippen LogP contribution >= 0.6 is 0 Å². The summed E-state index contributed by atoms with van der Waals surface area (Å²) in [6, 6.07) is 13.9. The molecule has 1 atom stereocenters. The predicted molar refractivity (Wildman–Crippen MR) is 102 cm³/mol. The zero-order valence-corrected chi connectivity index (χ0v) is 15.6. The van der Waals surface area contributed by atoms with E-state index in [2.05, 4.69) is 16.8 Å². The number of benzene rings is 1. The van der Waals surface area contributed by atoms with E-state index in [1.165, 1.54) is 5.56 Å². The van der Waals surface area contributed by atoms with Crippen LogP contribution in [0.5, 0.6) is 11.6 Å². The van der Waals surface area contributed by atoms with E-state index in [0.29, 0.717) is 18.9 Å². The molecule has 3 rings (SSSR count). The van der Waals surface area contributed by atoms with Crippen LogP contribution in [0.2, 0.25) is 0 Å². The van der Waals surface area contributed by atoms with Crippen molar-refractivity contribution in [1.82, 2.24) is 4.98 Å². The van der Waals surface area contributed by atoms with Gasteiger partial charge < -0.3 is 19.2 Å². The highest BCUT2D eigenvalue weighted by atomic mass is 16.5. The lowest BCUT2D eigenvalue weighted by Crippen LogP contribution is -2.54. The zero-order valence-electron chi connectivity index (χ0n) is 15.6. The predicted octanol–water partition coefficient (Wildman–Crippen LogP) is 3.83. The van der Waals surface area contributed by atoms with Gasteiger partial charge in [0.1, 0.15) is 23.5 Å². The fourth-order valence-electron chi connectivity index (χ4n) is 3.12. The molecule has 5 heteroatoms. The first-order chi connectivity index (χ1) is 12.5. The Kier molecular flexibility index (Phi) is 5.76. The monoisotopic (exact) mass is 354 g/mol. The van der Waals surface area contributed by atoms with Crippen LogP contribution in [-0.2, 0) is 4.79 Å². The number of carbonyl (C=O) groups is 1. The maximum Gasteiger partial charge on any atom is 0.215 e. The number of rotatable bonds is 8. The third-order valence-electron chi connectivity index (χ3n) is 4.52. The Morgan fingerprint density at radius 2 is 1.96 bits per heavy atom.